The van der Waals surface area contributed by atoms with Crippen LogP contribution in [0.25, 0.3) is 0 Å². The summed E-state index contributed by atoms with van der Waals surface area (Å²) in [7, 11) is -3.74. The summed E-state index contributed by atoms with van der Waals surface area (Å²) in [6.07, 6.45) is 1.39. The van der Waals surface area contributed by atoms with E-state index in [1.54, 1.807) is 13.8 Å². The zero-order valence-electron chi connectivity index (χ0n) is 6.86. The Bertz CT molecular complexity index is 292. The molecule has 0 unspecified atom stereocenters. The Balaban J connectivity index is 4.72. The van der Waals surface area contributed by atoms with Crippen LogP contribution < -0.4 is 4.89 Å². The molecule has 0 saturated carbocycles. The third-order valence-corrected chi connectivity index (χ3v) is 3.59. The highest BCUT2D eigenvalue weighted by Gasteiger charge is 2.15. The van der Waals surface area contributed by atoms with Crippen molar-refractivity contribution in [1.29, 1.82) is 0 Å². The fraction of sp³-hybridized carbons (Fsp3) is 0.333. The number of allylic oxidation sites excluding steroid dienone is 2. The summed E-state index contributed by atoms with van der Waals surface area (Å²) in [6.45, 7) is 6.79. The van der Waals surface area contributed by atoms with Crippen LogP contribution in [-0.2, 0) is 10.0 Å². The monoisotopic (exact) mass is 209 g/mol. The van der Waals surface area contributed by atoms with E-state index in [1.807, 2.05) is 0 Å². The molecule has 0 aliphatic heterocycles. The minimum Gasteiger partial charge on any atom is -0.302 e. The van der Waals surface area contributed by atoms with Crippen molar-refractivity contribution < 1.29 is 13.6 Å². The first kappa shape index (κ1) is 11.7. The average Bonchev–Trinajstić information content (AvgIpc) is 1.99. The molecule has 12 heavy (non-hydrogen) atoms. The van der Waals surface area contributed by atoms with Crippen LogP contribution in [0, 0.1) is 0 Å². The van der Waals surface area contributed by atoms with Gasteiger partial charge in [0, 0.05) is 0 Å². The molecule has 70 valence electrons. The van der Waals surface area contributed by atoms with Gasteiger partial charge in [0.25, 0.3) is 10.0 Å². The summed E-state index contributed by atoms with van der Waals surface area (Å²) in [5.74, 6) is 0. The molecule has 0 rings (SSSR count). The lowest BCUT2D eigenvalue weighted by atomic mass is 10.8. The molecule has 0 fully saturated rings. The van der Waals surface area contributed by atoms with Crippen LogP contribution in [0.5, 0.6) is 0 Å². The fourth-order valence-electron chi connectivity index (χ4n) is 0.486. The van der Waals surface area contributed by atoms with Gasteiger partial charge in [-0.1, -0.05) is 29.3 Å². The van der Waals surface area contributed by atoms with Gasteiger partial charge in [-0.25, -0.2) is 8.42 Å². The van der Waals surface area contributed by atoms with E-state index in [0.29, 0.717) is 4.91 Å². The van der Waals surface area contributed by atoms with E-state index >= 15 is 0 Å². The van der Waals surface area contributed by atoms with Crippen molar-refractivity contribution in [3.63, 3.8) is 0 Å². The topological polar surface area (TPSA) is 66.4 Å². The Morgan fingerprint density at radius 3 is 2.42 bits per heavy atom. The molecule has 0 atom stereocenters. The second-order valence-electron chi connectivity index (χ2n) is 2.01. The van der Waals surface area contributed by atoms with Gasteiger partial charge in [-0.15, -0.1) is 0 Å². The highest BCUT2D eigenvalue weighted by Crippen LogP contribution is 2.26. The van der Waals surface area contributed by atoms with Crippen LogP contribution in [0.1, 0.15) is 13.8 Å². The SMILES string of the molecule is C=C(C)S/C(=C\C)S(=O)(=O)NO. The van der Waals surface area contributed by atoms with E-state index in [9.17, 15) is 8.42 Å². The summed E-state index contributed by atoms with van der Waals surface area (Å²) in [4.78, 5) is 1.88. The highest BCUT2D eigenvalue weighted by atomic mass is 32.3. The molecule has 4 nitrogen and oxygen atoms in total. The predicted molar refractivity (Wildman–Crippen MR) is 50.0 cm³/mol. The average molecular weight is 209 g/mol. The molecule has 0 heterocycles. The van der Waals surface area contributed by atoms with Crippen LogP contribution in [0.3, 0.4) is 0 Å². The molecule has 6 heteroatoms. The summed E-state index contributed by atoms with van der Waals surface area (Å²) >= 11 is 0.987. The second-order valence-corrected chi connectivity index (χ2v) is 5.24. The molecule has 0 aliphatic rings. The largest absolute Gasteiger partial charge is 0.302 e. The Morgan fingerprint density at radius 1 is 1.67 bits per heavy atom. The minimum absolute atomic E-state index is 0.0394. The summed E-state index contributed by atoms with van der Waals surface area (Å²) in [6, 6.07) is 0. The second kappa shape index (κ2) is 4.66. The fourth-order valence-corrected chi connectivity index (χ4v) is 2.32. The number of nitrogens with one attached hydrogen (secondary N) is 1. The van der Waals surface area contributed by atoms with E-state index in [-0.39, 0.29) is 4.24 Å². The normalized spacial score (nSPS) is 13.1. The zero-order valence-corrected chi connectivity index (χ0v) is 8.50. The predicted octanol–water partition coefficient (Wildman–Crippen LogP) is 1.42. The first-order chi connectivity index (χ1) is 5.44. The van der Waals surface area contributed by atoms with Gasteiger partial charge in [0.15, 0.2) is 0 Å². The van der Waals surface area contributed by atoms with Crippen LogP contribution in [-0.4, -0.2) is 13.6 Å². The smallest absolute Gasteiger partial charge is 0.268 e. The van der Waals surface area contributed by atoms with E-state index in [2.05, 4.69) is 6.58 Å². The molecular formula is C6H11NO3S2. The van der Waals surface area contributed by atoms with E-state index in [4.69, 9.17) is 5.21 Å². The third kappa shape index (κ3) is 3.40. The first-order valence-electron chi connectivity index (χ1n) is 3.09. The van der Waals surface area contributed by atoms with E-state index in [0.717, 1.165) is 11.8 Å². The van der Waals surface area contributed by atoms with Crippen LogP contribution in [0.4, 0.5) is 0 Å². The molecule has 0 aromatic heterocycles. The highest BCUT2D eigenvalue weighted by molar-refractivity contribution is 8.20. The first-order valence-corrected chi connectivity index (χ1v) is 5.39. The molecule has 0 radical (unpaired) electrons. The molecule has 0 aromatic carbocycles. The lowest BCUT2D eigenvalue weighted by Gasteiger charge is -2.04. The lowest BCUT2D eigenvalue weighted by Crippen LogP contribution is -2.19. The Labute approximate surface area is 76.4 Å². The van der Waals surface area contributed by atoms with Crippen molar-refractivity contribution >= 4 is 21.8 Å². The minimum atomic E-state index is -3.74. The summed E-state index contributed by atoms with van der Waals surface area (Å²) in [5, 5.41) is 8.29. The molecular weight excluding hydrogens is 198 g/mol. The van der Waals surface area contributed by atoms with Crippen LogP contribution in [0.2, 0.25) is 0 Å². The summed E-state index contributed by atoms with van der Waals surface area (Å²) < 4.78 is 22.0. The van der Waals surface area contributed by atoms with Crippen molar-refractivity contribution in [2.75, 3.05) is 0 Å². The van der Waals surface area contributed by atoms with Crippen molar-refractivity contribution in [2.24, 2.45) is 0 Å². The van der Waals surface area contributed by atoms with Gasteiger partial charge in [-0.2, -0.15) is 0 Å². The van der Waals surface area contributed by atoms with Gasteiger partial charge in [-0.3, -0.25) is 0 Å². The van der Waals surface area contributed by atoms with Gasteiger partial charge in [0.1, 0.15) is 4.24 Å². The van der Waals surface area contributed by atoms with Gasteiger partial charge in [-0.05, 0) is 18.8 Å². The number of sulfonamides is 1. The molecule has 0 amide bonds. The van der Waals surface area contributed by atoms with Gasteiger partial charge < -0.3 is 5.21 Å². The Morgan fingerprint density at radius 2 is 2.17 bits per heavy atom. The molecule has 0 bridgehead atoms. The van der Waals surface area contributed by atoms with E-state index < -0.39 is 10.0 Å². The number of hydrogen-bond acceptors (Lipinski definition) is 4. The van der Waals surface area contributed by atoms with Gasteiger partial charge in [0.2, 0.25) is 0 Å². The van der Waals surface area contributed by atoms with Gasteiger partial charge in [0.05, 0.1) is 0 Å². The number of rotatable bonds is 4. The maximum atomic E-state index is 11.0. The quantitative estimate of drug-likeness (QED) is 0.687. The molecule has 0 aromatic rings. The van der Waals surface area contributed by atoms with E-state index in [1.165, 1.54) is 11.0 Å². The third-order valence-electron chi connectivity index (χ3n) is 0.896. The van der Waals surface area contributed by atoms with Crippen molar-refractivity contribution in [1.82, 2.24) is 4.89 Å². The number of hydrogen-bond donors (Lipinski definition) is 2. The Kier molecular flexibility index (Phi) is 4.54. The van der Waals surface area contributed by atoms with Gasteiger partial charge >= 0.3 is 0 Å². The molecule has 0 spiro atoms. The molecule has 0 aliphatic carbocycles. The number of thioether (sulfide) groups is 1. The summed E-state index contributed by atoms with van der Waals surface area (Å²) in [5.41, 5.74) is 0. The zero-order chi connectivity index (χ0) is 9.78. The maximum absolute atomic E-state index is 11.0. The van der Waals surface area contributed by atoms with Crippen LogP contribution in [0.15, 0.2) is 21.8 Å². The van der Waals surface area contributed by atoms with Crippen molar-refractivity contribution in [3.8, 4) is 0 Å². The molecule has 2 N–H and O–H groups in total. The lowest BCUT2D eigenvalue weighted by molar-refractivity contribution is 0.244. The van der Waals surface area contributed by atoms with Crippen LogP contribution >= 0.6 is 11.8 Å². The molecule has 0 saturated heterocycles. The van der Waals surface area contributed by atoms with Crippen molar-refractivity contribution in [2.45, 2.75) is 13.8 Å². The Hall–Kier alpha value is -0.300. The standard InChI is InChI=1S/C6H11NO3S2/c1-4-6(11-5(2)3)12(9,10)7-8/h4,7-8H,2H2,1,3H3/b6-4+. The van der Waals surface area contributed by atoms with Crippen molar-refractivity contribution in [3.05, 3.63) is 21.8 Å². The maximum Gasteiger partial charge on any atom is 0.268 e.